The molecule has 0 radical (unpaired) electrons. The number of benzene rings is 5. The highest BCUT2D eigenvalue weighted by molar-refractivity contribution is 5.93. The second kappa shape index (κ2) is 12.1. The molecule has 0 N–H and O–H groups in total. The Hall–Kier alpha value is -4.62. The molecule has 0 amide bonds. The van der Waals surface area contributed by atoms with Crippen LogP contribution >= 0.6 is 0 Å². The van der Waals surface area contributed by atoms with Crippen molar-refractivity contribution in [2.75, 3.05) is 4.90 Å². The van der Waals surface area contributed by atoms with Crippen molar-refractivity contribution >= 4 is 39.5 Å². The van der Waals surface area contributed by atoms with Crippen molar-refractivity contribution in [2.45, 2.75) is 20.3 Å². The van der Waals surface area contributed by atoms with E-state index in [1.165, 1.54) is 33.0 Å². The molecule has 5 aromatic carbocycles. The fraction of sp³-hybridized carbons (Fsp3) is 0.0811. The number of rotatable bonds is 8. The molecule has 0 aliphatic rings. The smallest absolute Gasteiger partial charge is 0.0468 e. The summed E-state index contributed by atoms with van der Waals surface area (Å²) in [4.78, 5) is 2.32. The van der Waals surface area contributed by atoms with Crippen molar-refractivity contribution in [1.82, 2.24) is 0 Å². The number of hydrogen-bond acceptors (Lipinski definition) is 1. The Bertz CT molecular complexity index is 1570. The van der Waals surface area contributed by atoms with Crippen molar-refractivity contribution in [3.63, 3.8) is 0 Å². The number of anilines is 3. The summed E-state index contributed by atoms with van der Waals surface area (Å²) in [5, 5.41) is 2.48. The van der Waals surface area contributed by atoms with Crippen LogP contribution < -0.4 is 4.90 Å². The van der Waals surface area contributed by atoms with E-state index >= 15 is 0 Å². The molecular weight excluding hydrogens is 458 g/mol. The van der Waals surface area contributed by atoms with E-state index in [9.17, 15) is 0 Å². The fourth-order valence-corrected chi connectivity index (χ4v) is 4.84. The van der Waals surface area contributed by atoms with Gasteiger partial charge in [-0.25, -0.2) is 0 Å². The molecule has 0 saturated carbocycles. The summed E-state index contributed by atoms with van der Waals surface area (Å²) in [7, 11) is 0. The number of fused-ring (bicyclic) bond motifs is 1. The van der Waals surface area contributed by atoms with Crippen LogP contribution in [0.25, 0.3) is 22.4 Å². The van der Waals surface area contributed by atoms with Gasteiger partial charge in [0.05, 0.1) is 0 Å². The van der Waals surface area contributed by atoms with Crippen LogP contribution in [0.3, 0.4) is 0 Å². The van der Waals surface area contributed by atoms with Gasteiger partial charge in [0, 0.05) is 17.1 Å². The van der Waals surface area contributed by atoms with Gasteiger partial charge in [-0.1, -0.05) is 116 Å². The Morgan fingerprint density at radius 1 is 0.632 bits per heavy atom. The molecule has 0 atom stereocenters. The standard InChI is InChI=1S/C37H33N/c1-3-13-31(14-4-2)37(32-16-7-5-8-17-32)27-29-21-24-35(25-22-29)38(34-19-9-6-10-20-34)36-26-23-30-15-11-12-18-33(30)28-36/h3,5-28H,4H2,1-2H3/b13-3-,31-14+,37-27-. The van der Waals surface area contributed by atoms with Crippen LogP contribution in [0.4, 0.5) is 17.1 Å². The van der Waals surface area contributed by atoms with Crippen molar-refractivity contribution in [3.8, 4) is 0 Å². The minimum Gasteiger partial charge on any atom is -0.310 e. The number of hydrogen-bond donors (Lipinski definition) is 0. The van der Waals surface area contributed by atoms with Crippen molar-refractivity contribution in [2.24, 2.45) is 0 Å². The van der Waals surface area contributed by atoms with Crippen LogP contribution in [0.1, 0.15) is 31.4 Å². The van der Waals surface area contributed by atoms with E-state index in [0.29, 0.717) is 0 Å². The van der Waals surface area contributed by atoms with Gasteiger partial charge in [-0.05, 0) is 88.9 Å². The van der Waals surface area contributed by atoms with Gasteiger partial charge in [0.15, 0.2) is 0 Å². The molecular formula is C37H33N. The van der Waals surface area contributed by atoms with Gasteiger partial charge in [0.25, 0.3) is 0 Å². The maximum atomic E-state index is 2.32. The molecule has 0 bridgehead atoms. The van der Waals surface area contributed by atoms with E-state index in [4.69, 9.17) is 0 Å². The van der Waals surface area contributed by atoms with E-state index < -0.39 is 0 Å². The summed E-state index contributed by atoms with van der Waals surface area (Å²) in [5.74, 6) is 0. The van der Waals surface area contributed by atoms with Crippen LogP contribution in [0, 0.1) is 0 Å². The molecule has 5 aromatic rings. The largest absolute Gasteiger partial charge is 0.310 e. The predicted molar refractivity (Wildman–Crippen MR) is 166 cm³/mol. The van der Waals surface area contributed by atoms with E-state index in [2.05, 4.69) is 170 Å². The van der Waals surface area contributed by atoms with Crippen molar-refractivity contribution in [1.29, 1.82) is 0 Å². The van der Waals surface area contributed by atoms with Gasteiger partial charge in [-0.3, -0.25) is 0 Å². The van der Waals surface area contributed by atoms with Crippen LogP contribution in [-0.2, 0) is 0 Å². The third kappa shape index (κ3) is 5.68. The summed E-state index contributed by atoms with van der Waals surface area (Å²) in [6.07, 6.45) is 9.89. The summed E-state index contributed by atoms with van der Waals surface area (Å²) in [6, 6.07) is 45.3. The van der Waals surface area contributed by atoms with Gasteiger partial charge < -0.3 is 4.90 Å². The lowest BCUT2D eigenvalue weighted by atomic mass is 9.94. The highest BCUT2D eigenvalue weighted by Crippen LogP contribution is 2.36. The number of nitrogens with zero attached hydrogens (tertiary/aromatic N) is 1. The number of para-hydroxylation sites is 1. The molecule has 0 aliphatic carbocycles. The maximum absolute atomic E-state index is 2.32. The summed E-state index contributed by atoms with van der Waals surface area (Å²) in [5.41, 5.74) is 8.27. The maximum Gasteiger partial charge on any atom is 0.0468 e. The zero-order valence-corrected chi connectivity index (χ0v) is 22.1. The van der Waals surface area contributed by atoms with Crippen molar-refractivity contribution < 1.29 is 0 Å². The van der Waals surface area contributed by atoms with Gasteiger partial charge in [-0.2, -0.15) is 0 Å². The Labute approximate surface area is 226 Å². The minimum atomic E-state index is 0.987. The Morgan fingerprint density at radius 3 is 1.92 bits per heavy atom. The van der Waals surface area contributed by atoms with Gasteiger partial charge in [-0.15, -0.1) is 0 Å². The monoisotopic (exact) mass is 491 g/mol. The molecule has 0 unspecified atom stereocenters. The molecule has 0 aliphatic heterocycles. The van der Waals surface area contributed by atoms with Gasteiger partial charge >= 0.3 is 0 Å². The molecule has 0 fully saturated rings. The fourth-order valence-electron chi connectivity index (χ4n) is 4.84. The lowest BCUT2D eigenvalue weighted by Gasteiger charge is -2.26. The minimum absolute atomic E-state index is 0.987. The molecule has 0 saturated heterocycles. The third-order valence-corrected chi connectivity index (χ3v) is 6.63. The first-order chi connectivity index (χ1) is 18.8. The summed E-state index contributed by atoms with van der Waals surface area (Å²) >= 11 is 0. The normalized spacial score (nSPS) is 12.3. The van der Waals surface area contributed by atoms with E-state index in [1.54, 1.807) is 0 Å². The molecule has 0 heterocycles. The zero-order chi connectivity index (χ0) is 26.2. The van der Waals surface area contributed by atoms with Crippen LogP contribution in [-0.4, -0.2) is 0 Å². The first kappa shape index (κ1) is 25.0. The highest BCUT2D eigenvalue weighted by Gasteiger charge is 2.13. The molecule has 186 valence electrons. The molecule has 1 nitrogen and oxygen atoms in total. The second-order valence-corrected chi connectivity index (χ2v) is 9.29. The topological polar surface area (TPSA) is 3.24 Å². The Morgan fingerprint density at radius 2 is 1.24 bits per heavy atom. The first-order valence-corrected chi connectivity index (χ1v) is 13.3. The average Bonchev–Trinajstić information content (AvgIpc) is 2.98. The van der Waals surface area contributed by atoms with Gasteiger partial charge in [0.2, 0.25) is 0 Å². The summed E-state index contributed by atoms with van der Waals surface area (Å²) in [6.45, 7) is 4.26. The van der Waals surface area contributed by atoms with Crippen LogP contribution in [0.5, 0.6) is 0 Å². The zero-order valence-electron chi connectivity index (χ0n) is 22.1. The first-order valence-electron chi connectivity index (χ1n) is 13.3. The molecule has 0 spiro atoms. The SMILES string of the molecule is C\C=C/C(=C\CC)C(=C/c1ccc(N(c2ccccc2)c2ccc3ccccc3c2)cc1)/c1ccccc1. The Balaban J connectivity index is 1.57. The number of allylic oxidation sites excluding steroid dienone is 5. The van der Waals surface area contributed by atoms with E-state index in [0.717, 1.165) is 23.5 Å². The third-order valence-electron chi connectivity index (χ3n) is 6.63. The molecule has 0 aromatic heterocycles. The van der Waals surface area contributed by atoms with E-state index in [-0.39, 0.29) is 0 Å². The van der Waals surface area contributed by atoms with Crippen LogP contribution in [0.2, 0.25) is 0 Å². The van der Waals surface area contributed by atoms with Gasteiger partial charge in [0.1, 0.15) is 0 Å². The molecule has 38 heavy (non-hydrogen) atoms. The average molecular weight is 492 g/mol. The quantitative estimate of drug-likeness (QED) is 0.154. The van der Waals surface area contributed by atoms with Crippen LogP contribution in [0.15, 0.2) is 151 Å². The highest BCUT2D eigenvalue weighted by atomic mass is 15.1. The lowest BCUT2D eigenvalue weighted by Crippen LogP contribution is -2.09. The molecule has 5 rings (SSSR count). The predicted octanol–water partition coefficient (Wildman–Crippen LogP) is 10.8. The molecule has 1 heteroatoms. The second-order valence-electron chi connectivity index (χ2n) is 9.29. The lowest BCUT2D eigenvalue weighted by molar-refractivity contribution is 1.21. The Kier molecular flexibility index (Phi) is 7.96. The van der Waals surface area contributed by atoms with E-state index in [1.807, 2.05) is 0 Å². The van der Waals surface area contributed by atoms with Crippen molar-refractivity contribution in [3.05, 3.63) is 162 Å². The summed E-state index contributed by atoms with van der Waals surface area (Å²) < 4.78 is 0.